The topological polar surface area (TPSA) is 26.3 Å². The predicted octanol–water partition coefficient (Wildman–Crippen LogP) is 1.59. The summed E-state index contributed by atoms with van der Waals surface area (Å²) in [5.74, 6) is -16.8. The summed E-state index contributed by atoms with van der Waals surface area (Å²) in [7, 11) is 0. The van der Waals surface area contributed by atoms with E-state index in [1.54, 1.807) is 0 Å². The number of ether oxygens (including phenoxy) is 1. The zero-order chi connectivity index (χ0) is 11.0. The fourth-order valence-corrected chi connectivity index (χ4v) is 1.58. The lowest BCUT2D eigenvalue weighted by molar-refractivity contribution is -0.503. The highest BCUT2D eigenvalue weighted by Crippen LogP contribution is 2.72. The van der Waals surface area contributed by atoms with Crippen LogP contribution in [0.1, 0.15) is 6.42 Å². The molecule has 1 aliphatic carbocycles. The van der Waals surface area contributed by atoms with E-state index in [2.05, 4.69) is 4.74 Å². The minimum atomic E-state index is -5.46. The van der Waals surface area contributed by atoms with Gasteiger partial charge in [0.25, 0.3) is 5.60 Å². The molecular formula is C6H2F6O2. The highest BCUT2D eigenvalue weighted by Gasteiger charge is 3.02. The van der Waals surface area contributed by atoms with Crippen molar-refractivity contribution in [1.82, 2.24) is 0 Å². The van der Waals surface area contributed by atoms with E-state index < -0.39 is 35.8 Å². The zero-order valence-electron chi connectivity index (χ0n) is 6.29. The summed E-state index contributed by atoms with van der Waals surface area (Å²) in [6.07, 6.45) is -1.39. The Bertz CT molecular complexity index is 294. The molecule has 0 radical (unpaired) electrons. The van der Waals surface area contributed by atoms with Crippen molar-refractivity contribution < 1.29 is 35.9 Å². The van der Waals surface area contributed by atoms with Crippen LogP contribution in [-0.2, 0) is 9.53 Å². The van der Waals surface area contributed by atoms with Crippen LogP contribution in [0.25, 0.3) is 0 Å². The molecule has 1 saturated carbocycles. The third-order valence-corrected chi connectivity index (χ3v) is 2.48. The molecule has 1 saturated heterocycles. The average molecular weight is 220 g/mol. The molecule has 0 aromatic rings. The molecule has 0 bridgehead atoms. The summed E-state index contributed by atoms with van der Waals surface area (Å²) in [4.78, 5) is 10.2. The maximum Gasteiger partial charge on any atom is 0.380 e. The van der Waals surface area contributed by atoms with Gasteiger partial charge in [0.15, 0.2) is 0 Å². The molecule has 2 nitrogen and oxygen atoms in total. The number of hydrogen-bond acceptors (Lipinski definition) is 2. The lowest BCUT2D eigenvalue weighted by atomic mass is 9.63. The number of carbonyl (C=O) groups excluding carboxylic acids is 1. The molecule has 8 heteroatoms. The molecule has 0 N–H and O–H groups in total. The molecule has 80 valence electrons. The first-order chi connectivity index (χ1) is 6.10. The summed E-state index contributed by atoms with van der Waals surface area (Å²) in [5, 5.41) is 0. The Hall–Kier alpha value is -0.950. The molecule has 1 heterocycles. The smallest absolute Gasteiger partial charge is 0.380 e. The fourth-order valence-electron chi connectivity index (χ4n) is 1.58. The SMILES string of the molecule is O=C1CC2(O1)C(F)(F)C(F)(F)C2(F)F. The van der Waals surface area contributed by atoms with Gasteiger partial charge in [0, 0.05) is 0 Å². The van der Waals surface area contributed by atoms with Gasteiger partial charge in [-0.25, -0.2) is 0 Å². The molecule has 1 aliphatic heterocycles. The van der Waals surface area contributed by atoms with Crippen LogP contribution in [0.2, 0.25) is 0 Å². The zero-order valence-corrected chi connectivity index (χ0v) is 6.29. The van der Waals surface area contributed by atoms with Gasteiger partial charge in [-0.15, -0.1) is 0 Å². The van der Waals surface area contributed by atoms with Crippen LogP contribution < -0.4 is 0 Å². The Balaban J connectivity index is 2.42. The Labute approximate surface area is 72.8 Å². The van der Waals surface area contributed by atoms with E-state index >= 15 is 0 Å². The van der Waals surface area contributed by atoms with Gasteiger partial charge in [0.05, 0.1) is 6.42 Å². The highest BCUT2D eigenvalue weighted by atomic mass is 19.4. The van der Waals surface area contributed by atoms with Gasteiger partial charge in [-0.05, 0) is 0 Å². The molecule has 0 amide bonds. The Morgan fingerprint density at radius 3 is 1.57 bits per heavy atom. The van der Waals surface area contributed by atoms with Crippen LogP contribution in [-0.4, -0.2) is 29.3 Å². The molecular weight excluding hydrogens is 218 g/mol. The van der Waals surface area contributed by atoms with Crippen molar-refractivity contribution in [1.29, 1.82) is 0 Å². The number of hydrogen-bond donors (Lipinski definition) is 0. The van der Waals surface area contributed by atoms with Gasteiger partial charge in [-0.2, -0.15) is 26.3 Å². The van der Waals surface area contributed by atoms with Gasteiger partial charge in [0.2, 0.25) is 0 Å². The average Bonchev–Trinajstić information content (AvgIpc) is 1.96. The van der Waals surface area contributed by atoms with E-state index in [9.17, 15) is 31.1 Å². The van der Waals surface area contributed by atoms with Crippen molar-refractivity contribution >= 4 is 5.97 Å². The molecule has 14 heavy (non-hydrogen) atoms. The van der Waals surface area contributed by atoms with Crippen LogP contribution in [0.4, 0.5) is 26.3 Å². The van der Waals surface area contributed by atoms with Crippen LogP contribution >= 0.6 is 0 Å². The van der Waals surface area contributed by atoms with Crippen LogP contribution in [0.3, 0.4) is 0 Å². The molecule has 0 atom stereocenters. The second-order valence-electron chi connectivity index (χ2n) is 3.20. The minimum absolute atomic E-state index is 1.33. The molecule has 0 aromatic heterocycles. The third-order valence-electron chi connectivity index (χ3n) is 2.48. The first kappa shape index (κ1) is 9.60. The maximum absolute atomic E-state index is 12.6. The van der Waals surface area contributed by atoms with Crippen molar-refractivity contribution in [3.63, 3.8) is 0 Å². The highest BCUT2D eigenvalue weighted by molar-refractivity contribution is 5.79. The van der Waals surface area contributed by atoms with Crippen LogP contribution in [0, 0.1) is 0 Å². The number of esters is 1. The molecule has 2 fully saturated rings. The summed E-state index contributed by atoms with van der Waals surface area (Å²) in [5.41, 5.74) is -3.62. The lowest BCUT2D eigenvalue weighted by Crippen LogP contribution is -2.90. The van der Waals surface area contributed by atoms with Crippen molar-refractivity contribution in [2.75, 3.05) is 0 Å². The largest absolute Gasteiger partial charge is 0.445 e. The Kier molecular flexibility index (Phi) is 1.28. The summed E-state index contributed by atoms with van der Waals surface area (Å²) < 4.78 is 78.3. The van der Waals surface area contributed by atoms with Crippen LogP contribution in [0.5, 0.6) is 0 Å². The first-order valence-electron chi connectivity index (χ1n) is 3.45. The fraction of sp³-hybridized carbons (Fsp3) is 0.833. The van der Waals surface area contributed by atoms with Crippen molar-refractivity contribution in [3.05, 3.63) is 0 Å². The summed E-state index contributed by atoms with van der Waals surface area (Å²) >= 11 is 0. The second kappa shape index (κ2) is 1.87. The Morgan fingerprint density at radius 1 is 0.929 bits per heavy atom. The van der Waals surface area contributed by atoms with E-state index in [-0.39, 0.29) is 0 Å². The third kappa shape index (κ3) is 0.550. The standard InChI is InChI=1S/C6H2F6O2/c7-4(8)3(1-2(13)14-3)5(9,10)6(4,11)12/h1H2. The van der Waals surface area contributed by atoms with Crippen molar-refractivity contribution in [2.45, 2.75) is 29.8 Å². The van der Waals surface area contributed by atoms with E-state index in [0.29, 0.717) is 0 Å². The quantitative estimate of drug-likeness (QED) is 0.457. The van der Waals surface area contributed by atoms with E-state index in [1.807, 2.05) is 0 Å². The van der Waals surface area contributed by atoms with Crippen LogP contribution in [0.15, 0.2) is 0 Å². The lowest BCUT2D eigenvalue weighted by Gasteiger charge is -2.60. The second-order valence-corrected chi connectivity index (χ2v) is 3.20. The van der Waals surface area contributed by atoms with Gasteiger partial charge < -0.3 is 4.74 Å². The molecule has 0 aromatic carbocycles. The Morgan fingerprint density at radius 2 is 1.29 bits per heavy atom. The van der Waals surface area contributed by atoms with Gasteiger partial charge in [0.1, 0.15) is 0 Å². The summed E-state index contributed by atoms with van der Waals surface area (Å²) in [6, 6.07) is 0. The monoisotopic (exact) mass is 220 g/mol. The van der Waals surface area contributed by atoms with Crippen molar-refractivity contribution in [2.24, 2.45) is 0 Å². The van der Waals surface area contributed by atoms with Gasteiger partial charge >= 0.3 is 23.7 Å². The number of alkyl halides is 6. The van der Waals surface area contributed by atoms with E-state index in [0.717, 1.165) is 0 Å². The van der Waals surface area contributed by atoms with E-state index in [1.165, 1.54) is 0 Å². The summed E-state index contributed by atoms with van der Waals surface area (Å²) in [6.45, 7) is 0. The molecule has 0 unspecified atom stereocenters. The van der Waals surface area contributed by atoms with E-state index in [4.69, 9.17) is 0 Å². The molecule has 2 rings (SSSR count). The normalized spacial score (nSPS) is 34.3. The maximum atomic E-state index is 12.6. The number of halogens is 6. The first-order valence-corrected chi connectivity index (χ1v) is 3.45. The van der Waals surface area contributed by atoms with Crippen molar-refractivity contribution in [3.8, 4) is 0 Å². The van der Waals surface area contributed by atoms with Gasteiger partial charge in [-0.3, -0.25) is 4.79 Å². The number of carbonyl (C=O) groups is 1. The van der Waals surface area contributed by atoms with Gasteiger partial charge in [-0.1, -0.05) is 0 Å². The molecule has 1 spiro atoms. The minimum Gasteiger partial charge on any atom is -0.445 e. The predicted molar refractivity (Wildman–Crippen MR) is 28.3 cm³/mol. The molecule has 2 aliphatic rings. The number of rotatable bonds is 0.